The summed E-state index contributed by atoms with van der Waals surface area (Å²) in [6.45, 7) is 4.90. The maximum absolute atomic E-state index is 12.6. The summed E-state index contributed by atoms with van der Waals surface area (Å²) in [6.07, 6.45) is 20.0. The van der Waals surface area contributed by atoms with Crippen LogP contribution in [0.4, 0.5) is 4.79 Å². The highest BCUT2D eigenvalue weighted by molar-refractivity contribution is 8.13. The molecular weight excluding hydrogens is 468 g/mol. The molecule has 2 atom stereocenters. The van der Waals surface area contributed by atoms with Gasteiger partial charge in [-0.3, -0.25) is 10.1 Å². The maximum Gasteiger partial charge on any atom is 0.325 e. The molecule has 0 aromatic carbocycles. The Morgan fingerprint density at radius 1 is 0.971 bits per heavy atom. The number of hydrogen-bond donors (Lipinski definition) is 1. The van der Waals surface area contributed by atoms with Gasteiger partial charge in [-0.15, -0.1) is 0 Å². The molecule has 0 saturated carbocycles. The lowest BCUT2D eigenvalue weighted by Gasteiger charge is -2.36. The van der Waals surface area contributed by atoms with E-state index < -0.39 is 12.2 Å². The third-order valence-corrected chi connectivity index (χ3v) is 7.74. The maximum atomic E-state index is 12.6. The van der Waals surface area contributed by atoms with Crippen LogP contribution in [0, 0.1) is 0 Å². The topological polar surface area (TPSA) is 65.0 Å². The molecule has 3 amide bonds. The second-order valence-electron chi connectivity index (χ2n) is 9.57. The number of imide groups is 1. The zero-order chi connectivity index (χ0) is 24.8. The van der Waals surface area contributed by atoms with Crippen LogP contribution in [-0.2, 0) is 4.79 Å². The van der Waals surface area contributed by atoms with Gasteiger partial charge in [-0.25, -0.2) is 9.79 Å². The van der Waals surface area contributed by atoms with Crippen LogP contribution in [0.15, 0.2) is 16.1 Å². The van der Waals surface area contributed by atoms with E-state index in [1.54, 1.807) is 18.8 Å². The number of aliphatic imine (C=N–C) groups is 1. The van der Waals surface area contributed by atoms with E-state index in [2.05, 4.69) is 17.1 Å². The van der Waals surface area contributed by atoms with E-state index in [0.29, 0.717) is 5.75 Å². The summed E-state index contributed by atoms with van der Waals surface area (Å²) in [4.78, 5) is 33.0. The molecule has 34 heavy (non-hydrogen) atoms. The Bertz CT molecular complexity index is 696. The number of unbranched alkanes of at least 4 members (excludes halogenated alkanes) is 13. The van der Waals surface area contributed by atoms with E-state index in [1.807, 2.05) is 13.0 Å². The van der Waals surface area contributed by atoms with Crippen molar-refractivity contribution in [1.82, 2.24) is 15.1 Å². The first-order chi connectivity index (χ1) is 16.5. The molecule has 1 fully saturated rings. The molecule has 0 aromatic rings. The molecule has 2 aliphatic rings. The number of fused-ring (bicyclic) bond motifs is 1. The molecule has 2 rings (SSSR count). The van der Waals surface area contributed by atoms with Gasteiger partial charge in [-0.05, 0) is 13.3 Å². The van der Waals surface area contributed by atoms with Crippen molar-refractivity contribution in [1.29, 1.82) is 0 Å². The van der Waals surface area contributed by atoms with Gasteiger partial charge in [0.25, 0.3) is 5.91 Å². The first-order valence-corrected chi connectivity index (χ1v) is 14.7. The van der Waals surface area contributed by atoms with Gasteiger partial charge in [0.05, 0.1) is 0 Å². The van der Waals surface area contributed by atoms with Gasteiger partial charge < -0.3 is 9.80 Å². The minimum Gasteiger partial charge on any atom is -0.336 e. The zero-order valence-electron chi connectivity index (χ0n) is 21.5. The monoisotopic (exact) mass is 512 g/mol. The Hall–Kier alpha value is -1.21. The molecule has 0 aromatic heterocycles. The van der Waals surface area contributed by atoms with Crippen LogP contribution in [0.5, 0.6) is 0 Å². The molecular formula is C26H45ClN4O2S. The molecule has 2 aliphatic heterocycles. The molecule has 6 nitrogen and oxygen atoms in total. The summed E-state index contributed by atoms with van der Waals surface area (Å²) < 4.78 is 0. The largest absolute Gasteiger partial charge is 0.336 e. The third-order valence-electron chi connectivity index (χ3n) is 6.65. The van der Waals surface area contributed by atoms with Crippen molar-refractivity contribution >= 4 is 40.5 Å². The number of urea groups is 1. The molecule has 1 N–H and O–H groups in total. The van der Waals surface area contributed by atoms with E-state index in [4.69, 9.17) is 16.6 Å². The van der Waals surface area contributed by atoms with Crippen molar-refractivity contribution in [2.75, 3.05) is 19.3 Å². The summed E-state index contributed by atoms with van der Waals surface area (Å²) in [5.41, 5.74) is 0. The number of rotatable bonds is 17. The van der Waals surface area contributed by atoms with Crippen molar-refractivity contribution in [3.05, 3.63) is 11.1 Å². The number of carbonyl (C=O) groups excluding carboxylic acids is 2. The number of halogens is 1. The number of thioether (sulfide) groups is 1. The fourth-order valence-corrected chi connectivity index (χ4v) is 5.77. The van der Waals surface area contributed by atoms with Gasteiger partial charge >= 0.3 is 6.03 Å². The Kier molecular flexibility index (Phi) is 14.1. The second-order valence-corrected chi connectivity index (χ2v) is 11.2. The van der Waals surface area contributed by atoms with Crippen LogP contribution in [-0.4, -0.2) is 58.5 Å². The Labute approximate surface area is 216 Å². The van der Waals surface area contributed by atoms with E-state index >= 15 is 0 Å². The van der Waals surface area contributed by atoms with Crippen LogP contribution in [0.3, 0.4) is 0 Å². The fraction of sp³-hybridized carbons (Fsp3) is 0.808. The van der Waals surface area contributed by atoms with Crippen LogP contribution in [0.1, 0.15) is 104 Å². The number of amidine groups is 1. The smallest absolute Gasteiger partial charge is 0.325 e. The average molecular weight is 513 g/mol. The van der Waals surface area contributed by atoms with Crippen LogP contribution >= 0.6 is 23.4 Å². The number of amides is 3. The average Bonchev–Trinajstić information content (AvgIpc) is 3.16. The number of allylic oxidation sites excluding steroid dienone is 1. The summed E-state index contributed by atoms with van der Waals surface area (Å²) in [7, 11) is 1.70. The van der Waals surface area contributed by atoms with Gasteiger partial charge in [0, 0.05) is 24.4 Å². The molecule has 0 bridgehead atoms. The number of carbonyl (C=O) groups is 2. The van der Waals surface area contributed by atoms with Gasteiger partial charge in [-0.1, -0.05) is 120 Å². The summed E-state index contributed by atoms with van der Waals surface area (Å²) in [5.74, 6) is 0.448. The van der Waals surface area contributed by atoms with Gasteiger partial charge in [-0.2, -0.15) is 0 Å². The highest BCUT2D eigenvalue weighted by Crippen LogP contribution is 2.29. The number of nitrogens with zero attached hydrogens (tertiary/aromatic N) is 3. The Balaban J connectivity index is 1.65. The van der Waals surface area contributed by atoms with Crippen LogP contribution < -0.4 is 5.32 Å². The number of hydrogen-bond acceptors (Lipinski definition) is 5. The van der Waals surface area contributed by atoms with Crippen molar-refractivity contribution in [2.24, 2.45) is 4.99 Å². The molecule has 8 heteroatoms. The Morgan fingerprint density at radius 3 is 2.03 bits per heavy atom. The van der Waals surface area contributed by atoms with E-state index in [1.165, 1.54) is 81.9 Å². The molecule has 0 aliphatic carbocycles. The predicted octanol–water partition coefficient (Wildman–Crippen LogP) is 6.89. The predicted molar refractivity (Wildman–Crippen MR) is 145 cm³/mol. The molecule has 1 saturated heterocycles. The normalized spacial score (nSPS) is 20.6. The summed E-state index contributed by atoms with van der Waals surface area (Å²) in [6, 6.07) is -0.817. The molecule has 0 spiro atoms. The first-order valence-electron chi connectivity index (χ1n) is 13.3. The van der Waals surface area contributed by atoms with Crippen molar-refractivity contribution in [2.45, 2.75) is 116 Å². The minimum atomic E-state index is -0.448. The number of nitrogens with one attached hydrogen (secondary N) is 1. The molecule has 2 unspecified atom stereocenters. The third kappa shape index (κ3) is 9.80. The number of likely N-dealkylation sites (N-methyl/N-ethyl adjacent to an activating group) is 1. The van der Waals surface area contributed by atoms with Gasteiger partial charge in [0.1, 0.15) is 0 Å². The highest BCUT2D eigenvalue weighted by Gasteiger charge is 2.48. The minimum absolute atomic E-state index is 0.248. The standard InChI is InChI=1S/C26H45ClN4O2S/c1-4-5-6-7-8-9-10-11-12-13-14-15-16-17-19-31-22-23(30(3)25(33)29-24(22)32)28-26(31)34-20-18-21(2)27/h18,22-23H,4-17,19-20H2,1-3H3,(H,29,32,33)/b21-18+. The van der Waals surface area contributed by atoms with Crippen molar-refractivity contribution in [3.8, 4) is 0 Å². The molecule has 2 heterocycles. The summed E-state index contributed by atoms with van der Waals surface area (Å²) >= 11 is 7.54. The van der Waals surface area contributed by atoms with Gasteiger partial charge in [0.2, 0.25) is 0 Å². The van der Waals surface area contributed by atoms with E-state index in [0.717, 1.165) is 29.6 Å². The van der Waals surface area contributed by atoms with Crippen molar-refractivity contribution < 1.29 is 9.59 Å². The van der Waals surface area contributed by atoms with E-state index in [-0.39, 0.29) is 11.9 Å². The highest BCUT2D eigenvalue weighted by atomic mass is 35.5. The zero-order valence-corrected chi connectivity index (χ0v) is 23.1. The van der Waals surface area contributed by atoms with E-state index in [9.17, 15) is 9.59 Å². The molecule has 0 radical (unpaired) electrons. The lowest BCUT2D eigenvalue weighted by atomic mass is 10.0. The van der Waals surface area contributed by atoms with Crippen LogP contribution in [0.2, 0.25) is 0 Å². The van der Waals surface area contributed by atoms with Gasteiger partial charge in [0.15, 0.2) is 17.4 Å². The molecule has 194 valence electrons. The first kappa shape index (κ1) is 29.0. The summed E-state index contributed by atoms with van der Waals surface area (Å²) in [5, 5.41) is 4.04. The SMILES string of the molecule is CCCCCCCCCCCCCCCCN1C(SC/C=C(\C)Cl)=NC2C1C(=O)NC(=O)N2C. The fourth-order valence-electron chi connectivity index (χ4n) is 4.56. The van der Waals surface area contributed by atoms with Crippen molar-refractivity contribution in [3.63, 3.8) is 0 Å². The lowest BCUT2D eigenvalue weighted by Crippen LogP contribution is -2.63. The second kappa shape index (κ2) is 16.5. The Morgan fingerprint density at radius 2 is 1.50 bits per heavy atom. The lowest BCUT2D eigenvalue weighted by molar-refractivity contribution is -0.127. The van der Waals surface area contributed by atoms with Crippen LogP contribution in [0.25, 0.3) is 0 Å². The quantitative estimate of drug-likeness (QED) is 0.215.